The highest BCUT2D eigenvalue weighted by Gasteiger charge is 2.04. The highest BCUT2D eigenvalue weighted by atomic mass is 32.1. The van der Waals surface area contributed by atoms with Crippen LogP contribution in [0.1, 0.15) is 12.5 Å². The predicted octanol–water partition coefficient (Wildman–Crippen LogP) is 2.25. The molecule has 0 aliphatic carbocycles. The lowest BCUT2D eigenvalue weighted by Crippen LogP contribution is -1.99. The topological polar surface area (TPSA) is 17.1 Å². The second-order valence-corrected chi connectivity index (χ2v) is 3.17. The quantitative estimate of drug-likeness (QED) is 0.697. The Hall–Kier alpha value is -0.830. The van der Waals surface area contributed by atoms with Gasteiger partial charge in [0.25, 0.3) is 0 Å². The lowest BCUT2D eigenvalue weighted by molar-refractivity contribution is -0.116. The van der Waals surface area contributed by atoms with Crippen molar-refractivity contribution < 1.29 is 9.18 Å². The molecule has 0 N–H and O–H groups in total. The summed E-state index contributed by atoms with van der Waals surface area (Å²) in [5.74, 6) is -0.393. The molecule has 64 valence electrons. The molecule has 1 nitrogen and oxygen atoms in total. The molecule has 1 aromatic rings. The van der Waals surface area contributed by atoms with E-state index >= 15 is 0 Å². The number of carbonyl (C=O) groups is 1. The maximum atomic E-state index is 12.9. The van der Waals surface area contributed by atoms with E-state index in [2.05, 4.69) is 12.6 Å². The summed E-state index contributed by atoms with van der Waals surface area (Å²) in [4.78, 5) is 11.4. The van der Waals surface area contributed by atoms with Crippen molar-refractivity contribution in [3.8, 4) is 0 Å². The molecule has 0 bridgehead atoms. The molecule has 0 unspecified atom stereocenters. The van der Waals surface area contributed by atoms with E-state index in [1.165, 1.54) is 13.0 Å². The number of ketones is 1. The Bertz CT molecular complexity index is 309. The third-order valence-corrected chi connectivity index (χ3v) is 1.75. The van der Waals surface area contributed by atoms with Gasteiger partial charge in [-0.05, 0) is 30.7 Å². The fourth-order valence-electron chi connectivity index (χ4n) is 0.965. The van der Waals surface area contributed by atoms with Crippen molar-refractivity contribution in [1.82, 2.24) is 0 Å². The summed E-state index contributed by atoms with van der Waals surface area (Å²) in [7, 11) is 0. The van der Waals surface area contributed by atoms with Crippen molar-refractivity contribution >= 4 is 18.4 Å². The number of carbonyl (C=O) groups excluding carboxylic acids is 1. The van der Waals surface area contributed by atoms with Crippen LogP contribution in [0.5, 0.6) is 0 Å². The van der Waals surface area contributed by atoms with E-state index < -0.39 is 0 Å². The van der Waals surface area contributed by atoms with Crippen LogP contribution in [-0.2, 0) is 11.2 Å². The fourth-order valence-corrected chi connectivity index (χ4v) is 1.20. The van der Waals surface area contributed by atoms with Gasteiger partial charge in [0.15, 0.2) is 0 Å². The maximum absolute atomic E-state index is 12.9. The molecule has 3 heteroatoms. The van der Waals surface area contributed by atoms with Gasteiger partial charge in [0.2, 0.25) is 0 Å². The first kappa shape index (κ1) is 9.26. The van der Waals surface area contributed by atoms with Crippen molar-refractivity contribution in [3.05, 3.63) is 29.6 Å². The predicted molar refractivity (Wildman–Crippen MR) is 48.0 cm³/mol. The molecule has 0 aromatic heterocycles. The highest BCUT2D eigenvalue weighted by Crippen LogP contribution is 2.13. The van der Waals surface area contributed by atoms with E-state index in [0.717, 1.165) is 0 Å². The summed E-state index contributed by atoms with van der Waals surface area (Å²) in [6, 6.07) is 4.45. The van der Waals surface area contributed by atoms with Crippen molar-refractivity contribution in [3.63, 3.8) is 0 Å². The number of hydrogen-bond acceptors (Lipinski definition) is 2. The molecule has 0 saturated heterocycles. The van der Waals surface area contributed by atoms with Crippen molar-refractivity contribution in [2.45, 2.75) is 18.2 Å². The van der Waals surface area contributed by atoms with Gasteiger partial charge in [-0.2, -0.15) is 0 Å². The summed E-state index contributed by atoms with van der Waals surface area (Å²) in [5.41, 5.74) is 0.412. The number of benzene rings is 1. The van der Waals surface area contributed by atoms with Crippen LogP contribution in [0.4, 0.5) is 4.39 Å². The number of Topliss-reactive ketones (excluding diaryl/α,β-unsaturated/α-hetero) is 1. The van der Waals surface area contributed by atoms with Crippen LogP contribution < -0.4 is 0 Å². The first-order chi connectivity index (χ1) is 5.59. The molecule has 0 radical (unpaired) electrons. The first-order valence-electron chi connectivity index (χ1n) is 3.56. The number of rotatable bonds is 2. The molecule has 0 fully saturated rings. The zero-order chi connectivity index (χ0) is 9.14. The average Bonchev–Trinajstić information content (AvgIpc) is 1.96. The molecule has 0 saturated carbocycles. The van der Waals surface area contributed by atoms with E-state index in [0.29, 0.717) is 10.5 Å². The van der Waals surface area contributed by atoms with Gasteiger partial charge in [-0.15, -0.1) is 12.6 Å². The smallest absolute Gasteiger partial charge is 0.134 e. The molecular weight excluding hydrogens is 175 g/mol. The largest absolute Gasteiger partial charge is 0.300 e. The normalized spacial score (nSPS) is 9.92. The van der Waals surface area contributed by atoms with Crippen molar-refractivity contribution in [2.75, 3.05) is 0 Å². The van der Waals surface area contributed by atoms with E-state index in [4.69, 9.17) is 0 Å². The first-order valence-corrected chi connectivity index (χ1v) is 4.01. The van der Waals surface area contributed by atoms with E-state index in [9.17, 15) is 9.18 Å². The minimum absolute atomic E-state index is 0.0483. The molecule has 0 spiro atoms. The summed E-state index contributed by atoms with van der Waals surface area (Å²) < 4.78 is 12.9. The zero-order valence-corrected chi connectivity index (χ0v) is 7.57. The van der Waals surface area contributed by atoms with E-state index in [-0.39, 0.29) is 18.0 Å². The van der Waals surface area contributed by atoms with Gasteiger partial charge in [-0.25, -0.2) is 4.39 Å². The number of hydrogen-bond donors (Lipinski definition) is 1. The Kier molecular flexibility index (Phi) is 2.87. The van der Waals surface area contributed by atoms with Crippen molar-refractivity contribution in [1.29, 1.82) is 0 Å². The summed E-state index contributed by atoms with van der Waals surface area (Å²) >= 11 is 4.05. The Morgan fingerprint density at radius 1 is 1.58 bits per heavy atom. The average molecular weight is 184 g/mol. The molecule has 0 aliphatic rings. The molecule has 1 aromatic carbocycles. The second-order valence-electron chi connectivity index (χ2n) is 2.65. The summed E-state index contributed by atoms with van der Waals surface area (Å²) in [6.07, 6.45) is 0.139. The molecule has 0 aliphatic heterocycles. The third-order valence-electron chi connectivity index (χ3n) is 1.47. The molecule has 12 heavy (non-hydrogen) atoms. The highest BCUT2D eigenvalue weighted by molar-refractivity contribution is 7.80. The van der Waals surface area contributed by atoms with Crippen LogP contribution in [0, 0.1) is 5.82 Å². The Labute approximate surface area is 76.0 Å². The van der Waals surface area contributed by atoms with Gasteiger partial charge < -0.3 is 0 Å². The van der Waals surface area contributed by atoms with Gasteiger partial charge in [-0.3, -0.25) is 4.79 Å². The minimum atomic E-state index is -0.344. The maximum Gasteiger partial charge on any atom is 0.134 e. The second kappa shape index (κ2) is 3.72. The van der Waals surface area contributed by atoms with Gasteiger partial charge in [0.05, 0.1) is 0 Å². The van der Waals surface area contributed by atoms with Gasteiger partial charge in [0.1, 0.15) is 11.6 Å². The Balaban J connectivity index is 2.97. The third kappa shape index (κ3) is 2.34. The molecule has 0 atom stereocenters. The van der Waals surface area contributed by atoms with Crippen LogP contribution in [0.25, 0.3) is 0 Å². The van der Waals surface area contributed by atoms with Crippen LogP contribution in [0.3, 0.4) is 0 Å². The van der Waals surface area contributed by atoms with E-state index in [1.54, 1.807) is 12.1 Å². The van der Waals surface area contributed by atoms with Gasteiger partial charge in [-0.1, -0.05) is 0 Å². The SMILES string of the molecule is CC(=O)Cc1cc(S)ccc1F. The van der Waals surface area contributed by atoms with Crippen LogP contribution in [0.15, 0.2) is 23.1 Å². The molecule has 1 rings (SSSR count). The lowest BCUT2D eigenvalue weighted by atomic mass is 10.1. The van der Waals surface area contributed by atoms with Gasteiger partial charge >= 0.3 is 0 Å². The standard InChI is InChI=1S/C9H9FOS/c1-6(11)4-7-5-8(12)2-3-9(7)10/h2-3,5,12H,4H2,1H3. The van der Waals surface area contributed by atoms with E-state index in [1.807, 2.05) is 0 Å². The van der Waals surface area contributed by atoms with Gasteiger partial charge in [0, 0.05) is 11.3 Å². The fraction of sp³-hybridized carbons (Fsp3) is 0.222. The summed E-state index contributed by atoms with van der Waals surface area (Å²) in [6.45, 7) is 1.44. The van der Waals surface area contributed by atoms with Crippen molar-refractivity contribution in [2.24, 2.45) is 0 Å². The number of halogens is 1. The molecule has 0 amide bonds. The minimum Gasteiger partial charge on any atom is -0.300 e. The van der Waals surface area contributed by atoms with Crippen LogP contribution in [-0.4, -0.2) is 5.78 Å². The Morgan fingerprint density at radius 2 is 2.25 bits per heavy atom. The summed E-state index contributed by atoms with van der Waals surface area (Å²) in [5, 5.41) is 0. The zero-order valence-electron chi connectivity index (χ0n) is 6.67. The Morgan fingerprint density at radius 3 is 2.83 bits per heavy atom. The molecule has 0 heterocycles. The molecular formula is C9H9FOS. The van der Waals surface area contributed by atoms with Crippen LogP contribution in [0.2, 0.25) is 0 Å². The lowest BCUT2D eigenvalue weighted by Gasteiger charge is -2.00. The number of thiol groups is 1. The monoisotopic (exact) mass is 184 g/mol. The van der Waals surface area contributed by atoms with Crippen LogP contribution >= 0.6 is 12.6 Å².